The monoisotopic (exact) mass is 670 g/mol. The number of methoxy groups -OCH3 is 1. The molecule has 4 aliphatic rings. The van der Waals surface area contributed by atoms with Crippen LogP contribution < -0.4 is 20.7 Å². The average molecular weight is 671 g/mol. The van der Waals surface area contributed by atoms with E-state index in [9.17, 15) is 14.7 Å². The van der Waals surface area contributed by atoms with Crippen molar-refractivity contribution in [2.45, 2.75) is 73.0 Å². The van der Waals surface area contributed by atoms with E-state index in [0.29, 0.717) is 28.3 Å². The number of hydrogen-bond acceptors (Lipinski definition) is 5. The molecule has 10 heteroatoms. The van der Waals surface area contributed by atoms with Crippen molar-refractivity contribution in [3.63, 3.8) is 0 Å². The first-order valence-corrected chi connectivity index (χ1v) is 16.6. The molecule has 0 radical (unpaired) electrons. The van der Waals surface area contributed by atoms with E-state index >= 15 is 0 Å². The summed E-state index contributed by atoms with van der Waals surface area (Å²) in [5.74, 6) is 0.434. The van der Waals surface area contributed by atoms with Gasteiger partial charge >= 0.3 is 35.0 Å². The van der Waals surface area contributed by atoms with Gasteiger partial charge in [0.15, 0.2) is 0 Å². The third-order valence-electron chi connectivity index (χ3n) is 10.5. The number of aromatic nitrogens is 2. The standard InChI is InChI=1S/C39H42N4O5.Mg/c1-9-12-15-48-32(44)14-13-25-21(6)28-16-26-19(4)23(10-2)30(40-26)17-27-20(5)24(11-3)31(41-27)18-29-22(7)33-37(43-29)34(36(25)42-28)35(38(33)45)39(46)47-8;/h2,9,12,16-18,21,23,25,35-36,38,45H,11,13-15H2,1,3-8H3;/q-4;+2/b12-9-,28-16-,29-18-,30-17-;/t21-,23+,25-,35+,36?,38+;/m0./s1. The molecule has 6 rings (SSSR count). The molecule has 0 spiro atoms. The first-order chi connectivity index (χ1) is 23.0. The molecule has 0 amide bonds. The number of esters is 2. The van der Waals surface area contributed by atoms with Gasteiger partial charge in [-0.25, -0.2) is 0 Å². The number of nitrogens with zero attached hydrogens (tertiary/aromatic N) is 4. The number of aliphatic hydroxyl groups is 1. The summed E-state index contributed by atoms with van der Waals surface area (Å²) in [4.78, 5) is 36.3. The Balaban J connectivity index is 0.00000468. The summed E-state index contributed by atoms with van der Waals surface area (Å²) in [7, 11) is 1.32. The fourth-order valence-electron chi connectivity index (χ4n) is 7.71. The smallest absolute Gasteiger partial charge is 0.681 e. The number of allylic oxidation sites excluding steroid dienone is 4. The largest absolute Gasteiger partial charge is 2.00 e. The molecular formula is C39H42MgN4O5-2. The molecule has 252 valence electrons. The van der Waals surface area contributed by atoms with Crippen LogP contribution in [0, 0.1) is 49.9 Å². The molecule has 3 aliphatic heterocycles. The van der Waals surface area contributed by atoms with Crippen molar-refractivity contribution >= 4 is 52.7 Å². The van der Waals surface area contributed by atoms with Gasteiger partial charge in [-0.3, -0.25) is 9.59 Å². The van der Waals surface area contributed by atoms with Crippen LogP contribution in [0.2, 0.25) is 0 Å². The van der Waals surface area contributed by atoms with Crippen LogP contribution in [0.15, 0.2) is 40.9 Å². The second-order valence-corrected chi connectivity index (χ2v) is 13.0. The van der Waals surface area contributed by atoms with Gasteiger partial charge in [0, 0.05) is 12.3 Å². The van der Waals surface area contributed by atoms with Gasteiger partial charge in [-0.1, -0.05) is 84.0 Å². The SMILES string of the molecule is C#C[C@@H]1C(C)=C2/C=C3\[N-]C(C4=c5[n-]/c(c(C)c5[C@@H](O)[C@@H]4C(=O)OC)=C\c4[n-]c(c(C)c4CC)/C=C/1[N-]2)[C@@H](CCC(=O)OC/C=C\C)[C@@H]3C.[Mg+2]. The molecule has 2 aromatic heterocycles. The zero-order chi connectivity index (χ0) is 34.4. The second kappa shape index (κ2) is 14.5. The molecule has 0 saturated carbocycles. The van der Waals surface area contributed by atoms with Crippen molar-refractivity contribution in [3.05, 3.63) is 95.9 Å². The molecule has 5 heterocycles. The van der Waals surface area contributed by atoms with Gasteiger partial charge < -0.3 is 35.2 Å². The summed E-state index contributed by atoms with van der Waals surface area (Å²) >= 11 is 0. The number of rotatable bonds is 7. The van der Waals surface area contributed by atoms with Crippen LogP contribution in [0.5, 0.6) is 0 Å². The summed E-state index contributed by atoms with van der Waals surface area (Å²) < 4.78 is 10.7. The van der Waals surface area contributed by atoms with E-state index in [1.54, 1.807) is 6.08 Å². The number of carbonyl (C=O) groups is 2. The summed E-state index contributed by atoms with van der Waals surface area (Å²) in [5, 5.41) is 23.3. The second-order valence-electron chi connectivity index (χ2n) is 13.0. The maximum absolute atomic E-state index is 13.4. The minimum absolute atomic E-state index is 0. The molecule has 1 fully saturated rings. The maximum Gasteiger partial charge on any atom is 2.00 e. The Kier molecular flexibility index (Phi) is 10.8. The Bertz CT molecular complexity index is 1970. The van der Waals surface area contributed by atoms with E-state index in [1.807, 2.05) is 45.1 Å². The minimum atomic E-state index is -1.16. The van der Waals surface area contributed by atoms with Crippen molar-refractivity contribution in [1.29, 1.82) is 0 Å². The van der Waals surface area contributed by atoms with Crippen molar-refractivity contribution in [2.75, 3.05) is 13.7 Å². The van der Waals surface area contributed by atoms with Gasteiger partial charge in [0.1, 0.15) is 12.5 Å². The number of hydrogen-bond donors (Lipinski definition) is 1. The van der Waals surface area contributed by atoms with E-state index in [1.165, 1.54) is 7.11 Å². The summed E-state index contributed by atoms with van der Waals surface area (Å²) in [6.07, 6.45) is 15.8. The fraction of sp³-hybridized carbons (Fsp3) is 0.436. The summed E-state index contributed by atoms with van der Waals surface area (Å²) in [5.41, 5.74) is 8.96. The van der Waals surface area contributed by atoms with Crippen molar-refractivity contribution < 1.29 is 24.2 Å². The summed E-state index contributed by atoms with van der Waals surface area (Å²) in [6, 6.07) is -0.553. The molecule has 1 N–H and O–H groups in total. The molecular weight excluding hydrogens is 629 g/mol. The van der Waals surface area contributed by atoms with Gasteiger partial charge in [-0.2, -0.15) is 5.70 Å². The number of carbonyl (C=O) groups excluding carboxylic acids is 2. The van der Waals surface area contributed by atoms with E-state index in [0.717, 1.165) is 57.2 Å². The molecule has 49 heavy (non-hydrogen) atoms. The van der Waals surface area contributed by atoms with Crippen molar-refractivity contribution in [1.82, 2.24) is 9.97 Å². The Morgan fingerprint density at radius 3 is 2.51 bits per heavy atom. The van der Waals surface area contributed by atoms with Crippen molar-refractivity contribution in [2.24, 2.45) is 23.7 Å². The topological polar surface area (TPSA) is 129 Å². The first-order valence-electron chi connectivity index (χ1n) is 16.6. The average Bonchev–Trinajstić information content (AvgIpc) is 3.80. The van der Waals surface area contributed by atoms with Crippen LogP contribution >= 0.6 is 0 Å². The molecule has 0 aromatic carbocycles. The molecule has 2 aromatic rings. The molecule has 8 bridgehead atoms. The van der Waals surface area contributed by atoms with E-state index in [-0.39, 0.29) is 59.8 Å². The number of ether oxygens (including phenoxy) is 2. The van der Waals surface area contributed by atoms with Crippen LogP contribution in [-0.2, 0) is 25.5 Å². The van der Waals surface area contributed by atoms with E-state index in [2.05, 4.69) is 26.7 Å². The van der Waals surface area contributed by atoms with Crippen LogP contribution in [0.1, 0.15) is 80.3 Å². The van der Waals surface area contributed by atoms with E-state index < -0.39 is 24.0 Å². The first kappa shape index (κ1) is 36.4. The van der Waals surface area contributed by atoms with Crippen LogP contribution in [0.25, 0.3) is 28.4 Å². The predicted molar refractivity (Wildman–Crippen MR) is 190 cm³/mol. The quantitative estimate of drug-likeness (QED) is 0.202. The number of terminal acetylenes is 1. The maximum atomic E-state index is 13.4. The summed E-state index contributed by atoms with van der Waals surface area (Å²) in [6.45, 7) is 12.2. The van der Waals surface area contributed by atoms with Crippen LogP contribution in [-0.4, -0.2) is 59.9 Å². The number of aliphatic hydroxyl groups excluding tert-OH is 1. The molecule has 6 atom stereocenters. The van der Waals surface area contributed by atoms with Gasteiger partial charge in [0.05, 0.1) is 13.2 Å². The Morgan fingerprint density at radius 2 is 1.84 bits per heavy atom. The van der Waals surface area contributed by atoms with Gasteiger partial charge in [-0.05, 0) is 57.9 Å². The third-order valence-corrected chi connectivity index (χ3v) is 10.5. The minimum Gasteiger partial charge on any atom is -0.681 e. The van der Waals surface area contributed by atoms with Gasteiger partial charge in [0.2, 0.25) is 0 Å². The fourth-order valence-corrected chi connectivity index (χ4v) is 7.71. The molecule has 1 unspecified atom stereocenters. The van der Waals surface area contributed by atoms with Crippen LogP contribution in [0.3, 0.4) is 0 Å². The Hall–Kier alpha value is -3.91. The van der Waals surface area contributed by atoms with Gasteiger partial charge in [-0.15, -0.1) is 39.9 Å². The molecule has 9 nitrogen and oxygen atoms in total. The zero-order valence-electron chi connectivity index (χ0n) is 29.3. The van der Waals surface area contributed by atoms with E-state index in [4.69, 9.17) is 36.5 Å². The Labute approximate surface area is 304 Å². The van der Waals surface area contributed by atoms with Crippen molar-refractivity contribution in [3.8, 4) is 12.3 Å². The third kappa shape index (κ3) is 6.22. The molecule has 1 aliphatic carbocycles. The zero-order valence-corrected chi connectivity index (χ0v) is 30.7. The number of fused-ring (bicyclic) bond motifs is 8. The predicted octanol–water partition coefficient (Wildman–Crippen LogP) is 4.27. The van der Waals surface area contributed by atoms with Crippen LogP contribution in [0.4, 0.5) is 0 Å². The normalized spacial score (nSPS) is 28.0. The Morgan fingerprint density at radius 1 is 1.08 bits per heavy atom. The molecule has 1 saturated heterocycles. The van der Waals surface area contributed by atoms with Gasteiger partial charge in [0.25, 0.3) is 0 Å².